The Bertz CT molecular complexity index is 545. The number of rotatable bonds is 4. The van der Waals surface area contributed by atoms with E-state index in [0.29, 0.717) is 17.7 Å². The van der Waals surface area contributed by atoms with Crippen LogP contribution < -0.4 is 10.5 Å². The number of nitrogens with one attached hydrogen (secondary N) is 1. The summed E-state index contributed by atoms with van der Waals surface area (Å²) in [7, 11) is 0. The van der Waals surface area contributed by atoms with Crippen molar-refractivity contribution in [3.8, 4) is 5.75 Å². The van der Waals surface area contributed by atoms with Gasteiger partial charge in [-0.15, -0.1) is 0 Å². The summed E-state index contributed by atoms with van der Waals surface area (Å²) in [6.07, 6.45) is 0.667. The average Bonchev–Trinajstić information content (AvgIpc) is 2.70. The number of benzene rings is 1. The van der Waals surface area contributed by atoms with Gasteiger partial charge in [0.25, 0.3) is 5.91 Å². The monoisotopic (exact) mass is 218 g/mol. The summed E-state index contributed by atoms with van der Waals surface area (Å²) in [5.74, 6) is 0.0193. The number of carbonyl (C=O) groups excluding carboxylic acids is 2. The SMILES string of the molecule is NC(=O)c1cc2c(OCC=O)cccc2[nH]1. The van der Waals surface area contributed by atoms with Crippen molar-refractivity contribution in [2.45, 2.75) is 0 Å². The third-order valence-corrected chi connectivity index (χ3v) is 2.20. The Morgan fingerprint density at radius 1 is 1.50 bits per heavy atom. The molecule has 0 unspecified atom stereocenters. The first-order chi connectivity index (χ1) is 7.72. The lowest BCUT2D eigenvalue weighted by molar-refractivity contribution is -0.109. The fourth-order valence-corrected chi connectivity index (χ4v) is 1.51. The molecule has 1 aromatic heterocycles. The number of primary amides is 1. The maximum atomic E-state index is 11.0. The van der Waals surface area contributed by atoms with E-state index in [1.165, 1.54) is 0 Å². The minimum atomic E-state index is -0.530. The molecule has 2 aromatic rings. The second kappa shape index (κ2) is 4.06. The van der Waals surface area contributed by atoms with Gasteiger partial charge in [-0.05, 0) is 18.2 Å². The molecule has 0 radical (unpaired) electrons. The third-order valence-electron chi connectivity index (χ3n) is 2.20. The summed E-state index contributed by atoms with van der Waals surface area (Å²) in [6, 6.07) is 6.90. The highest BCUT2D eigenvalue weighted by atomic mass is 16.5. The van der Waals surface area contributed by atoms with Crippen molar-refractivity contribution in [3.63, 3.8) is 0 Å². The maximum Gasteiger partial charge on any atom is 0.265 e. The van der Waals surface area contributed by atoms with Crippen LogP contribution in [0.2, 0.25) is 0 Å². The van der Waals surface area contributed by atoms with Crippen LogP contribution in [0.25, 0.3) is 10.9 Å². The van der Waals surface area contributed by atoms with Gasteiger partial charge in [0.1, 0.15) is 18.1 Å². The van der Waals surface area contributed by atoms with E-state index in [9.17, 15) is 9.59 Å². The molecular weight excluding hydrogens is 208 g/mol. The molecule has 0 spiro atoms. The lowest BCUT2D eigenvalue weighted by Crippen LogP contribution is -2.10. The summed E-state index contributed by atoms with van der Waals surface area (Å²) in [5, 5.41) is 0.734. The predicted octanol–water partition coefficient (Wildman–Crippen LogP) is 0.845. The van der Waals surface area contributed by atoms with E-state index in [1.807, 2.05) is 0 Å². The first kappa shape index (κ1) is 10.2. The number of ether oxygens (including phenoxy) is 1. The summed E-state index contributed by atoms with van der Waals surface area (Å²) in [5.41, 5.74) is 6.22. The second-order valence-electron chi connectivity index (χ2n) is 3.24. The lowest BCUT2D eigenvalue weighted by atomic mass is 10.2. The molecule has 0 saturated heterocycles. The van der Waals surface area contributed by atoms with Crippen LogP contribution in [0, 0.1) is 0 Å². The topological polar surface area (TPSA) is 85.2 Å². The largest absolute Gasteiger partial charge is 0.485 e. The van der Waals surface area contributed by atoms with Crippen molar-refractivity contribution in [2.24, 2.45) is 5.73 Å². The van der Waals surface area contributed by atoms with E-state index in [4.69, 9.17) is 10.5 Å². The van der Waals surface area contributed by atoms with Crippen LogP contribution in [0.3, 0.4) is 0 Å². The highest BCUT2D eigenvalue weighted by molar-refractivity contribution is 5.98. The first-order valence-electron chi connectivity index (χ1n) is 4.70. The van der Waals surface area contributed by atoms with Crippen LogP contribution in [0.15, 0.2) is 24.3 Å². The molecule has 1 aromatic carbocycles. The smallest absolute Gasteiger partial charge is 0.265 e. The molecule has 2 rings (SSSR count). The molecule has 0 fully saturated rings. The number of nitrogens with two attached hydrogens (primary N) is 1. The molecule has 5 heteroatoms. The van der Waals surface area contributed by atoms with E-state index in [2.05, 4.69) is 4.98 Å². The fourth-order valence-electron chi connectivity index (χ4n) is 1.51. The van der Waals surface area contributed by atoms with Gasteiger partial charge in [-0.25, -0.2) is 0 Å². The molecule has 1 heterocycles. The molecule has 0 atom stereocenters. The molecule has 3 N–H and O–H groups in total. The van der Waals surface area contributed by atoms with Crippen molar-refractivity contribution in [1.82, 2.24) is 4.98 Å². The standard InChI is InChI=1S/C11H10N2O3/c12-11(15)9-6-7-8(13-9)2-1-3-10(7)16-5-4-14/h1-4,6,13H,5H2,(H2,12,15). The summed E-state index contributed by atoms with van der Waals surface area (Å²) >= 11 is 0. The Hall–Kier alpha value is -2.30. The Labute approximate surface area is 91.2 Å². The van der Waals surface area contributed by atoms with Gasteiger partial charge in [0, 0.05) is 10.9 Å². The van der Waals surface area contributed by atoms with Crippen LogP contribution in [0.5, 0.6) is 5.75 Å². The molecule has 0 aliphatic heterocycles. The Morgan fingerprint density at radius 2 is 2.31 bits per heavy atom. The maximum absolute atomic E-state index is 11.0. The molecule has 0 bridgehead atoms. The minimum absolute atomic E-state index is 0.0177. The molecule has 1 amide bonds. The van der Waals surface area contributed by atoms with Crippen molar-refractivity contribution < 1.29 is 14.3 Å². The lowest BCUT2D eigenvalue weighted by Gasteiger charge is -2.02. The van der Waals surface area contributed by atoms with E-state index in [0.717, 1.165) is 10.9 Å². The number of amides is 1. The molecule has 0 saturated carbocycles. The molecule has 82 valence electrons. The van der Waals surface area contributed by atoms with Crippen LogP contribution in [0.4, 0.5) is 0 Å². The second-order valence-corrected chi connectivity index (χ2v) is 3.24. The van der Waals surface area contributed by atoms with Crippen molar-refractivity contribution in [3.05, 3.63) is 30.0 Å². The number of carbonyl (C=O) groups is 2. The van der Waals surface area contributed by atoms with Gasteiger partial charge in [-0.1, -0.05) is 6.07 Å². The zero-order chi connectivity index (χ0) is 11.5. The molecule has 16 heavy (non-hydrogen) atoms. The highest BCUT2D eigenvalue weighted by Gasteiger charge is 2.09. The van der Waals surface area contributed by atoms with Gasteiger partial charge in [0.05, 0.1) is 0 Å². The Morgan fingerprint density at radius 3 is 3.00 bits per heavy atom. The van der Waals surface area contributed by atoms with Gasteiger partial charge in [0.15, 0.2) is 6.29 Å². The van der Waals surface area contributed by atoms with Crippen molar-refractivity contribution in [2.75, 3.05) is 6.61 Å². The normalized spacial score (nSPS) is 10.2. The van der Waals surface area contributed by atoms with Gasteiger partial charge >= 0.3 is 0 Å². The summed E-state index contributed by atoms with van der Waals surface area (Å²) in [6.45, 7) is -0.0177. The zero-order valence-electron chi connectivity index (χ0n) is 8.40. The average molecular weight is 218 g/mol. The van der Waals surface area contributed by atoms with Crippen LogP contribution in [-0.4, -0.2) is 23.8 Å². The third kappa shape index (κ3) is 1.75. The van der Waals surface area contributed by atoms with Crippen LogP contribution in [-0.2, 0) is 4.79 Å². The fraction of sp³-hybridized carbons (Fsp3) is 0.0909. The van der Waals surface area contributed by atoms with Crippen molar-refractivity contribution in [1.29, 1.82) is 0 Å². The number of aldehydes is 1. The number of hydrogen-bond acceptors (Lipinski definition) is 3. The van der Waals surface area contributed by atoms with E-state index in [-0.39, 0.29) is 6.61 Å². The van der Waals surface area contributed by atoms with Gasteiger partial charge in [-0.3, -0.25) is 9.59 Å². The summed E-state index contributed by atoms with van der Waals surface area (Å²) in [4.78, 5) is 24.1. The number of fused-ring (bicyclic) bond motifs is 1. The molecule has 5 nitrogen and oxygen atoms in total. The highest BCUT2D eigenvalue weighted by Crippen LogP contribution is 2.26. The quantitative estimate of drug-likeness (QED) is 0.746. The Kier molecular flexibility index (Phi) is 2.59. The van der Waals surface area contributed by atoms with Crippen LogP contribution in [0.1, 0.15) is 10.5 Å². The zero-order valence-corrected chi connectivity index (χ0v) is 8.40. The van der Waals surface area contributed by atoms with E-state index in [1.54, 1.807) is 24.3 Å². The van der Waals surface area contributed by atoms with Crippen LogP contribution >= 0.6 is 0 Å². The van der Waals surface area contributed by atoms with Crippen molar-refractivity contribution >= 4 is 23.1 Å². The van der Waals surface area contributed by atoms with Gasteiger partial charge in [0.2, 0.25) is 0 Å². The Balaban J connectivity index is 2.49. The summed E-state index contributed by atoms with van der Waals surface area (Å²) < 4.78 is 5.22. The molecule has 0 aliphatic carbocycles. The number of aromatic amines is 1. The van der Waals surface area contributed by atoms with Gasteiger partial charge in [-0.2, -0.15) is 0 Å². The molecular formula is C11H10N2O3. The number of aromatic nitrogens is 1. The molecule has 0 aliphatic rings. The number of H-pyrrole nitrogens is 1. The predicted molar refractivity (Wildman–Crippen MR) is 58.4 cm³/mol. The minimum Gasteiger partial charge on any atom is -0.485 e. The van der Waals surface area contributed by atoms with Gasteiger partial charge < -0.3 is 15.5 Å². The van der Waals surface area contributed by atoms with E-state index >= 15 is 0 Å². The van der Waals surface area contributed by atoms with E-state index < -0.39 is 5.91 Å². The first-order valence-corrected chi connectivity index (χ1v) is 4.70. The number of hydrogen-bond donors (Lipinski definition) is 2.